The second kappa shape index (κ2) is 10.8. The van der Waals surface area contributed by atoms with Gasteiger partial charge >= 0.3 is 5.97 Å². The van der Waals surface area contributed by atoms with Gasteiger partial charge in [-0.25, -0.2) is 0 Å². The average Bonchev–Trinajstić information content (AvgIpc) is 2.77. The third-order valence-electron chi connectivity index (χ3n) is 5.67. The zero-order chi connectivity index (χ0) is 20.5. The van der Waals surface area contributed by atoms with Gasteiger partial charge in [-0.15, -0.1) is 0 Å². The summed E-state index contributed by atoms with van der Waals surface area (Å²) >= 11 is 0. The van der Waals surface area contributed by atoms with E-state index in [1.807, 2.05) is 30.3 Å². The van der Waals surface area contributed by atoms with Crippen LogP contribution < -0.4 is 5.32 Å². The number of ether oxygens (including phenoxy) is 1. The molecule has 1 saturated carbocycles. The van der Waals surface area contributed by atoms with Crippen molar-refractivity contribution in [3.8, 4) is 0 Å². The van der Waals surface area contributed by atoms with Crippen LogP contribution in [0.4, 0.5) is 0 Å². The van der Waals surface area contributed by atoms with Crippen molar-refractivity contribution in [1.82, 2.24) is 10.2 Å². The fourth-order valence-corrected chi connectivity index (χ4v) is 3.94. The van der Waals surface area contributed by atoms with Gasteiger partial charge in [0.2, 0.25) is 5.91 Å². The topological polar surface area (TPSA) is 75.7 Å². The third kappa shape index (κ3) is 6.73. The molecule has 2 amide bonds. The van der Waals surface area contributed by atoms with Crippen LogP contribution in [0.5, 0.6) is 0 Å². The highest BCUT2D eigenvalue weighted by Gasteiger charge is 2.28. The van der Waals surface area contributed by atoms with Crippen molar-refractivity contribution in [3.63, 3.8) is 0 Å². The number of carbonyl (C=O) groups excluding carboxylic acids is 3. The maximum Gasteiger partial charge on any atom is 0.309 e. The van der Waals surface area contributed by atoms with Crippen molar-refractivity contribution >= 4 is 23.9 Å². The number of hydrogen-bond acceptors (Lipinski definition) is 4. The number of likely N-dealkylation sites (tertiary alicyclic amines) is 1. The smallest absolute Gasteiger partial charge is 0.309 e. The van der Waals surface area contributed by atoms with E-state index in [1.165, 1.54) is 6.42 Å². The lowest BCUT2D eigenvalue weighted by molar-refractivity contribution is -0.154. The molecule has 1 aromatic carbocycles. The van der Waals surface area contributed by atoms with Gasteiger partial charge in [-0.2, -0.15) is 0 Å². The monoisotopic (exact) mass is 398 g/mol. The van der Waals surface area contributed by atoms with Crippen LogP contribution in [0.25, 0.3) is 6.08 Å². The van der Waals surface area contributed by atoms with Gasteiger partial charge < -0.3 is 15.0 Å². The summed E-state index contributed by atoms with van der Waals surface area (Å²) in [5.74, 6) is -0.855. The van der Waals surface area contributed by atoms with Gasteiger partial charge in [0.25, 0.3) is 5.91 Å². The molecule has 1 heterocycles. The number of piperidine rings is 1. The zero-order valence-electron chi connectivity index (χ0n) is 16.8. The number of rotatable bonds is 6. The quantitative estimate of drug-likeness (QED) is 0.591. The van der Waals surface area contributed by atoms with Gasteiger partial charge in [0, 0.05) is 25.2 Å². The summed E-state index contributed by atoms with van der Waals surface area (Å²) in [6.45, 7) is 0.826. The first-order valence-corrected chi connectivity index (χ1v) is 10.6. The Balaban J connectivity index is 1.36. The van der Waals surface area contributed by atoms with E-state index >= 15 is 0 Å². The summed E-state index contributed by atoms with van der Waals surface area (Å²) in [6, 6.07) is 9.89. The Bertz CT molecular complexity index is 718. The van der Waals surface area contributed by atoms with Crippen LogP contribution in [-0.4, -0.2) is 48.4 Å². The molecule has 0 bridgehead atoms. The van der Waals surface area contributed by atoms with E-state index in [-0.39, 0.29) is 36.4 Å². The molecule has 6 heteroatoms. The number of carbonyl (C=O) groups is 3. The summed E-state index contributed by atoms with van der Waals surface area (Å²) in [4.78, 5) is 38.3. The molecular weight excluding hydrogens is 368 g/mol. The molecule has 1 aromatic rings. The minimum absolute atomic E-state index is 0.0486. The maximum absolute atomic E-state index is 12.3. The summed E-state index contributed by atoms with van der Waals surface area (Å²) in [7, 11) is 0. The Morgan fingerprint density at radius 2 is 1.69 bits per heavy atom. The van der Waals surface area contributed by atoms with Crippen LogP contribution >= 0.6 is 0 Å². The van der Waals surface area contributed by atoms with Gasteiger partial charge in [0.1, 0.15) is 0 Å². The van der Waals surface area contributed by atoms with Crippen molar-refractivity contribution < 1.29 is 19.1 Å². The molecule has 1 aliphatic heterocycles. The first kappa shape index (κ1) is 21.1. The lowest BCUT2D eigenvalue weighted by Gasteiger charge is -2.30. The molecule has 2 fully saturated rings. The second-order valence-corrected chi connectivity index (χ2v) is 7.85. The van der Waals surface area contributed by atoms with Gasteiger partial charge in [-0.1, -0.05) is 49.6 Å². The Hall–Kier alpha value is -2.63. The van der Waals surface area contributed by atoms with E-state index in [9.17, 15) is 14.4 Å². The Labute approximate surface area is 172 Å². The zero-order valence-corrected chi connectivity index (χ0v) is 16.8. The van der Waals surface area contributed by atoms with E-state index in [2.05, 4.69) is 5.32 Å². The highest BCUT2D eigenvalue weighted by atomic mass is 16.5. The molecule has 0 unspecified atom stereocenters. The Kier molecular flexibility index (Phi) is 7.85. The summed E-state index contributed by atoms with van der Waals surface area (Å²) in [6.07, 6.45) is 10.0. The molecule has 29 heavy (non-hydrogen) atoms. The number of amides is 2. The van der Waals surface area contributed by atoms with Gasteiger partial charge in [0.15, 0.2) is 6.61 Å². The van der Waals surface area contributed by atoms with E-state index in [0.717, 1.165) is 31.2 Å². The predicted molar refractivity (Wildman–Crippen MR) is 111 cm³/mol. The van der Waals surface area contributed by atoms with Gasteiger partial charge in [-0.05, 0) is 37.3 Å². The first-order valence-electron chi connectivity index (χ1n) is 10.6. The van der Waals surface area contributed by atoms with Gasteiger partial charge in [0.05, 0.1) is 5.92 Å². The summed E-state index contributed by atoms with van der Waals surface area (Å²) in [5, 5.41) is 2.95. The normalized spacial score (nSPS) is 18.6. The number of esters is 1. The molecule has 2 aliphatic rings. The van der Waals surface area contributed by atoms with Crippen LogP contribution in [0.15, 0.2) is 36.4 Å². The maximum atomic E-state index is 12.3. The second-order valence-electron chi connectivity index (χ2n) is 7.85. The van der Waals surface area contributed by atoms with E-state index in [0.29, 0.717) is 25.9 Å². The third-order valence-corrected chi connectivity index (χ3v) is 5.67. The van der Waals surface area contributed by atoms with Gasteiger partial charge in [-0.3, -0.25) is 14.4 Å². The molecule has 6 nitrogen and oxygen atoms in total. The van der Waals surface area contributed by atoms with Crippen LogP contribution in [0.2, 0.25) is 0 Å². The van der Waals surface area contributed by atoms with Crippen LogP contribution in [-0.2, 0) is 19.1 Å². The minimum Gasteiger partial charge on any atom is -0.455 e. The van der Waals surface area contributed by atoms with Crippen LogP contribution in [0.1, 0.15) is 50.5 Å². The molecule has 0 atom stereocenters. The molecule has 1 aliphatic carbocycles. The van der Waals surface area contributed by atoms with E-state index in [4.69, 9.17) is 4.74 Å². The fraction of sp³-hybridized carbons (Fsp3) is 0.522. The number of nitrogens with zero attached hydrogens (tertiary/aromatic N) is 1. The molecule has 156 valence electrons. The number of benzene rings is 1. The molecule has 1 N–H and O–H groups in total. The Morgan fingerprint density at radius 1 is 1.00 bits per heavy atom. The van der Waals surface area contributed by atoms with Crippen LogP contribution in [0.3, 0.4) is 0 Å². The van der Waals surface area contributed by atoms with E-state index in [1.54, 1.807) is 17.1 Å². The van der Waals surface area contributed by atoms with Crippen molar-refractivity contribution in [2.75, 3.05) is 19.7 Å². The highest BCUT2D eigenvalue weighted by molar-refractivity contribution is 5.92. The SMILES string of the molecule is O=C(COC(=O)C1CCN(C(=O)/C=C/c2ccccc2)CC1)NC1CCCCC1. The van der Waals surface area contributed by atoms with Crippen molar-refractivity contribution in [1.29, 1.82) is 0 Å². The molecule has 0 spiro atoms. The molecule has 0 aromatic heterocycles. The molecule has 1 saturated heterocycles. The van der Waals surface area contributed by atoms with Crippen molar-refractivity contribution in [2.45, 2.75) is 51.0 Å². The van der Waals surface area contributed by atoms with E-state index < -0.39 is 0 Å². The number of hydrogen-bond donors (Lipinski definition) is 1. The molecule has 3 rings (SSSR count). The average molecular weight is 399 g/mol. The Morgan fingerprint density at radius 3 is 2.38 bits per heavy atom. The number of nitrogens with one attached hydrogen (secondary N) is 1. The highest BCUT2D eigenvalue weighted by Crippen LogP contribution is 2.20. The minimum atomic E-state index is -0.337. The first-order chi connectivity index (χ1) is 14.1. The largest absolute Gasteiger partial charge is 0.455 e. The van der Waals surface area contributed by atoms with Crippen molar-refractivity contribution in [3.05, 3.63) is 42.0 Å². The standard InChI is InChI=1S/C23H30N2O4/c26-21(24-20-9-5-2-6-10-20)17-29-23(28)19-13-15-25(16-14-19)22(27)12-11-18-7-3-1-4-8-18/h1,3-4,7-8,11-12,19-20H,2,5-6,9-10,13-17H2,(H,24,26)/b12-11+. The van der Waals surface area contributed by atoms with Crippen molar-refractivity contribution in [2.24, 2.45) is 5.92 Å². The van der Waals surface area contributed by atoms with Crippen LogP contribution in [0, 0.1) is 5.92 Å². The fourth-order valence-electron chi connectivity index (χ4n) is 3.94. The molecule has 0 radical (unpaired) electrons. The summed E-state index contributed by atoms with van der Waals surface area (Å²) < 4.78 is 5.22. The lowest BCUT2D eigenvalue weighted by Crippen LogP contribution is -2.41. The molecular formula is C23H30N2O4. The lowest BCUT2D eigenvalue weighted by atomic mass is 9.95. The summed E-state index contributed by atoms with van der Waals surface area (Å²) in [5.41, 5.74) is 0.978. The predicted octanol–water partition coefficient (Wildman–Crippen LogP) is 2.93.